The van der Waals surface area contributed by atoms with Crippen molar-refractivity contribution in [3.63, 3.8) is 0 Å². The number of hydrogen-bond acceptors (Lipinski definition) is 1. The minimum atomic E-state index is 0.374. The lowest BCUT2D eigenvalue weighted by Gasteiger charge is -2.33. The fourth-order valence-electron chi connectivity index (χ4n) is 3.27. The van der Waals surface area contributed by atoms with Gasteiger partial charge in [-0.2, -0.15) is 0 Å². The third-order valence-corrected chi connectivity index (χ3v) is 4.82. The van der Waals surface area contributed by atoms with Gasteiger partial charge in [0.25, 0.3) is 0 Å². The molecular formula is C22H27N. The molecule has 0 radical (unpaired) electrons. The first-order chi connectivity index (χ1) is 11.0. The summed E-state index contributed by atoms with van der Waals surface area (Å²) in [5, 5.41) is 3.64. The summed E-state index contributed by atoms with van der Waals surface area (Å²) in [5.41, 5.74) is 4.11. The third kappa shape index (κ3) is 4.04. The first kappa shape index (κ1) is 15.9. The van der Waals surface area contributed by atoms with Crippen LogP contribution in [0.5, 0.6) is 0 Å². The van der Waals surface area contributed by atoms with Crippen LogP contribution in [0.1, 0.15) is 33.6 Å². The SMILES string of the molecule is CC(C)(C)[C@@H]1C=C[C@H](Nc2ccc(-c3ccccc3)cc2)CC1. The molecule has 23 heavy (non-hydrogen) atoms. The molecule has 0 heterocycles. The standard InChI is InChI=1S/C22H27N/c1-22(2,3)19-11-15-21(16-12-19)23-20-13-9-18(10-14-20)17-7-5-4-6-8-17/h4-11,13-15,19,21,23H,12,16H2,1-3H3/t19-,21+/m1/s1. The van der Waals surface area contributed by atoms with E-state index in [1.165, 1.54) is 29.7 Å². The topological polar surface area (TPSA) is 12.0 Å². The Kier molecular flexibility index (Phi) is 4.56. The van der Waals surface area contributed by atoms with Gasteiger partial charge in [-0.25, -0.2) is 0 Å². The highest BCUT2D eigenvalue weighted by atomic mass is 14.9. The molecule has 1 N–H and O–H groups in total. The quantitative estimate of drug-likeness (QED) is 0.671. The Morgan fingerprint density at radius 2 is 1.43 bits per heavy atom. The zero-order valence-electron chi connectivity index (χ0n) is 14.4. The average molecular weight is 305 g/mol. The third-order valence-electron chi connectivity index (χ3n) is 4.82. The van der Waals surface area contributed by atoms with E-state index in [0.29, 0.717) is 17.4 Å². The second-order valence-corrected chi connectivity index (χ2v) is 7.63. The number of allylic oxidation sites excluding steroid dienone is 1. The lowest BCUT2D eigenvalue weighted by molar-refractivity contribution is 0.264. The normalized spacial score (nSPS) is 21.2. The molecule has 0 spiro atoms. The smallest absolute Gasteiger partial charge is 0.0444 e. The van der Waals surface area contributed by atoms with Crippen LogP contribution in [0.3, 0.4) is 0 Å². The Morgan fingerprint density at radius 3 is 2.00 bits per heavy atom. The molecule has 0 aliphatic heterocycles. The van der Waals surface area contributed by atoms with Gasteiger partial charge in [0.05, 0.1) is 0 Å². The van der Waals surface area contributed by atoms with Crippen LogP contribution in [0.15, 0.2) is 66.7 Å². The lowest BCUT2D eigenvalue weighted by Crippen LogP contribution is -2.27. The van der Waals surface area contributed by atoms with Crippen LogP contribution < -0.4 is 5.32 Å². The van der Waals surface area contributed by atoms with E-state index in [9.17, 15) is 0 Å². The Labute approximate surface area is 140 Å². The van der Waals surface area contributed by atoms with Crippen LogP contribution >= 0.6 is 0 Å². The summed E-state index contributed by atoms with van der Waals surface area (Å²) in [4.78, 5) is 0. The highest BCUT2D eigenvalue weighted by Crippen LogP contribution is 2.34. The van der Waals surface area contributed by atoms with Crippen molar-refractivity contribution in [3.8, 4) is 11.1 Å². The fourth-order valence-corrected chi connectivity index (χ4v) is 3.27. The van der Waals surface area contributed by atoms with Crippen LogP contribution in [-0.4, -0.2) is 6.04 Å². The predicted molar refractivity (Wildman–Crippen MR) is 101 cm³/mol. The molecule has 0 bridgehead atoms. The maximum absolute atomic E-state index is 3.64. The second-order valence-electron chi connectivity index (χ2n) is 7.63. The molecule has 1 aliphatic carbocycles. The van der Waals surface area contributed by atoms with Crippen molar-refractivity contribution in [2.24, 2.45) is 11.3 Å². The number of anilines is 1. The number of nitrogens with one attached hydrogen (secondary N) is 1. The number of rotatable bonds is 3. The number of hydrogen-bond donors (Lipinski definition) is 1. The minimum absolute atomic E-state index is 0.374. The van der Waals surface area contributed by atoms with Gasteiger partial charge in [0, 0.05) is 11.7 Å². The highest BCUT2D eigenvalue weighted by Gasteiger charge is 2.25. The van der Waals surface area contributed by atoms with E-state index in [1.54, 1.807) is 0 Å². The summed E-state index contributed by atoms with van der Waals surface area (Å²) < 4.78 is 0. The van der Waals surface area contributed by atoms with E-state index in [-0.39, 0.29) is 0 Å². The first-order valence-electron chi connectivity index (χ1n) is 8.63. The molecule has 0 unspecified atom stereocenters. The second kappa shape index (κ2) is 6.62. The van der Waals surface area contributed by atoms with Gasteiger partial charge in [-0.05, 0) is 47.4 Å². The molecule has 120 valence electrons. The molecule has 1 heteroatoms. The summed E-state index contributed by atoms with van der Waals surface area (Å²) in [7, 11) is 0. The van der Waals surface area contributed by atoms with Crippen molar-refractivity contribution < 1.29 is 0 Å². The Morgan fingerprint density at radius 1 is 0.783 bits per heavy atom. The Hall–Kier alpha value is -2.02. The van der Waals surface area contributed by atoms with Gasteiger partial charge in [-0.1, -0.05) is 75.4 Å². The van der Waals surface area contributed by atoms with Crippen molar-refractivity contribution >= 4 is 5.69 Å². The van der Waals surface area contributed by atoms with Gasteiger partial charge in [-0.15, -0.1) is 0 Å². The van der Waals surface area contributed by atoms with Gasteiger partial charge >= 0.3 is 0 Å². The Balaban J connectivity index is 1.64. The maximum Gasteiger partial charge on any atom is 0.0444 e. The minimum Gasteiger partial charge on any atom is -0.379 e. The lowest BCUT2D eigenvalue weighted by atomic mass is 9.75. The van der Waals surface area contributed by atoms with Crippen molar-refractivity contribution in [2.75, 3.05) is 5.32 Å². The van der Waals surface area contributed by atoms with Crippen LogP contribution in [0.4, 0.5) is 5.69 Å². The van der Waals surface area contributed by atoms with Crippen molar-refractivity contribution in [2.45, 2.75) is 39.7 Å². The van der Waals surface area contributed by atoms with E-state index >= 15 is 0 Å². The monoisotopic (exact) mass is 305 g/mol. The first-order valence-corrected chi connectivity index (χ1v) is 8.63. The zero-order valence-corrected chi connectivity index (χ0v) is 14.4. The van der Waals surface area contributed by atoms with Crippen LogP contribution in [-0.2, 0) is 0 Å². The molecule has 2 atom stereocenters. The predicted octanol–water partition coefficient (Wildman–Crippen LogP) is 6.15. The molecule has 0 saturated carbocycles. The highest BCUT2D eigenvalue weighted by molar-refractivity contribution is 5.66. The van der Waals surface area contributed by atoms with Crippen molar-refractivity contribution in [1.29, 1.82) is 0 Å². The summed E-state index contributed by atoms with van der Waals surface area (Å²) in [5.74, 6) is 0.695. The number of benzene rings is 2. The van der Waals surface area contributed by atoms with E-state index < -0.39 is 0 Å². The van der Waals surface area contributed by atoms with Crippen LogP contribution in [0, 0.1) is 11.3 Å². The Bertz CT molecular complexity index is 647. The van der Waals surface area contributed by atoms with Gasteiger partial charge in [0.2, 0.25) is 0 Å². The molecule has 2 aromatic carbocycles. The zero-order chi connectivity index (χ0) is 16.3. The summed E-state index contributed by atoms with van der Waals surface area (Å²) in [6, 6.07) is 19.7. The summed E-state index contributed by atoms with van der Waals surface area (Å²) in [6.07, 6.45) is 7.22. The van der Waals surface area contributed by atoms with E-state index in [4.69, 9.17) is 0 Å². The molecule has 1 nitrogen and oxygen atoms in total. The van der Waals surface area contributed by atoms with Gasteiger partial charge < -0.3 is 5.32 Å². The molecule has 0 aromatic heterocycles. The molecule has 1 aliphatic rings. The largest absolute Gasteiger partial charge is 0.379 e. The van der Waals surface area contributed by atoms with Gasteiger partial charge in [0.1, 0.15) is 0 Å². The molecule has 2 aromatic rings. The van der Waals surface area contributed by atoms with Crippen molar-refractivity contribution in [3.05, 3.63) is 66.7 Å². The summed E-state index contributed by atoms with van der Waals surface area (Å²) >= 11 is 0. The fraction of sp³-hybridized carbons (Fsp3) is 0.364. The summed E-state index contributed by atoms with van der Waals surface area (Å²) in [6.45, 7) is 6.99. The van der Waals surface area contributed by atoms with Crippen LogP contribution in [0.25, 0.3) is 11.1 Å². The van der Waals surface area contributed by atoms with E-state index in [2.05, 4.69) is 92.8 Å². The van der Waals surface area contributed by atoms with Gasteiger partial charge in [-0.3, -0.25) is 0 Å². The van der Waals surface area contributed by atoms with Gasteiger partial charge in [0.15, 0.2) is 0 Å². The molecular weight excluding hydrogens is 278 g/mol. The van der Waals surface area contributed by atoms with E-state index in [1.807, 2.05) is 0 Å². The maximum atomic E-state index is 3.64. The molecule has 3 rings (SSSR count). The molecule has 0 fully saturated rings. The van der Waals surface area contributed by atoms with Crippen LogP contribution in [0.2, 0.25) is 0 Å². The molecule has 0 amide bonds. The van der Waals surface area contributed by atoms with Crippen molar-refractivity contribution in [1.82, 2.24) is 0 Å². The van der Waals surface area contributed by atoms with E-state index in [0.717, 1.165) is 0 Å². The molecule has 0 saturated heterocycles. The average Bonchev–Trinajstić information content (AvgIpc) is 2.56.